The third kappa shape index (κ3) is 4.26. The summed E-state index contributed by atoms with van der Waals surface area (Å²) in [4.78, 5) is 20.0. The Morgan fingerprint density at radius 2 is 1.86 bits per heavy atom. The van der Waals surface area contributed by atoms with Crippen LogP contribution in [0.15, 0.2) is 56.8 Å². The van der Waals surface area contributed by atoms with Crippen molar-refractivity contribution in [1.82, 2.24) is 9.66 Å². The monoisotopic (exact) mass is 454 g/mol. The molecule has 0 amide bonds. The number of fused-ring (bicyclic) bond motifs is 1. The van der Waals surface area contributed by atoms with E-state index in [1.807, 2.05) is 38.1 Å². The highest BCUT2D eigenvalue weighted by Crippen LogP contribution is 2.19. The van der Waals surface area contributed by atoms with Gasteiger partial charge in [0.15, 0.2) is 0 Å². The average molecular weight is 455 g/mol. The Bertz CT molecular complexity index is 1100. The summed E-state index contributed by atoms with van der Waals surface area (Å²) in [6.07, 6.45) is 1.71. The van der Waals surface area contributed by atoms with Crippen LogP contribution in [-0.4, -0.2) is 42.2 Å². The first kappa shape index (κ1) is 19.8. The molecule has 1 aliphatic heterocycles. The van der Waals surface area contributed by atoms with Gasteiger partial charge >= 0.3 is 0 Å². The smallest absolute Gasteiger partial charge is 0.282 e. The summed E-state index contributed by atoms with van der Waals surface area (Å²) in [6.45, 7) is 7.34. The number of halogens is 1. The molecule has 0 N–H and O–H groups in total. The van der Waals surface area contributed by atoms with Crippen LogP contribution in [0.4, 0.5) is 5.69 Å². The van der Waals surface area contributed by atoms with Gasteiger partial charge in [-0.3, -0.25) is 4.79 Å². The van der Waals surface area contributed by atoms with Crippen LogP contribution in [0.2, 0.25) is 0 Å². The number of nitrogens with zero attached hydrogens (tertiary/aromatic N) is 4. The maximum absolute atomic E-state index is 13.1. The molecule has 1 saturated heterocycles. The molecule has 7 heteroatoms. The van der Waals surface area contributed by atoms with Crippen LogP contribution in [0.3, 0.4) is 0 Å². The predicted molar refractivity (Wildman–Crippen MR) is 120 cm³/mol. The summed E-state index contributed by atoms with van der Waals surface area (Å²) in [7, 11) is 0. The highest BCUT2D eigenvalue weighted by atomic mass is 79.9. The molecule has 1 aliphatic rings. The van der Waals surface area contributed by atoms with Gasteiger partial charge in [-0.2, -0.15) is 9.78 Å². The van der Waals surface area contributed by atoms with Gasteiger partial charge in [0.05, 0.1) is 30.3 Å². The zero-order valence-corrected chi connectivity index (χ0v) is 18.1. The Kier molecular flexibility index (Phi) is 5.78. The molecule has 0 bridgehead atoms. The quantitative estimate of drug-likeness (QED) is 0.558. The van der Waals surface area contributed by atoms with Crippen LogP contribution in [0.1, 0.15) is 31.2 Å². The molecule has 3 aromatic rings. The Balaban J connectivity index is 1.67. The molecule has 0 radical (unpaired) electrons. The van der Waals surface area contributed by atoms with Crippen LogP contribution in [0.5, 0.6) is 0 Å². The van der Waals surface area contributed by atoms with E-state index in [4.69, 9.17) is 4.74 Å². The number of anilines is 1. The van der Waals surface area contributed by atoms with Crippen molar-refractivity contribution in [3.63, 3.8) is 0 Å². The molecule has 4 rings (SSSR count). The first-order valence-corrected chi connectivity index (χ1v) is 10.5. The minimum Gasteiger partial charge on any atom is -0.378 e. The lowest BCUT2D eigenvalue weighted by atomic mass is 10.2. The lowest BCUT2D eigenvalue weighted by molar-refractivity contribution is 0.122. The fraction of sp³-hybridized carbons (Fsp3) is 0.318. The van der Waals surface area contributed by atoms with Gasteiger partial charge in [-0.25, -0.2) is 4.98 Å². The van der Waals surface area contributed by atoms with E-state index >= 15 is 0 Å². The number of morpholine rings is 1. The number of benzene rings is 2. The van der Waals surface area contributed by atoms with E-state index in [2.05, 4.69) is 43.0 Å². The second-order valence-corrected chi connectivity index (χ2v) is 8.25. The van der Waals surface area contributed by atoms with Gasteiger partial charge in [-0.15, -0.1) is 0 Å². The third-order valence-corrected chi connectivity index (χ3v) is 5.43. The first-order valence-electron chi connectivity index (χ1n) is 9.72. The lowest BCUT2D eigenvalue weighted by Gasteiger charge is -2.28. The van der Waals surface area contributed by atoms with E-state index in [1.54, 1.807) is 12.3 Å². The molecule has 0 aliphatic carbocycles. The number of aromatic nitrogens is 2. The minimum absolute atomic E-state index is 0.0663. The molecule has 1 aromatic heterocycles. The molecule has 6 nitrogen and oxygen atoms in total. The van der Waals surface area contributed by atoms with E-state index in [-0.39, 0.29) is 11.5 Å². The Morgan fingerprint density at radius 1 is 1.14 bits per heavy atom. The van der Waals surface area contributed by atoms with E-state index < -0.39 is 0 Å². The molecule has 0 unspecified atom stereocenters. The van der Waals surface area contributed by atoms with Crippen LogP contribution < -0.4 is 10.5 Å². The standard InChI is InChI=1S/C22H23BrN4O2/c1-15(2)21-25-20-8-5-17(23)13-19(20)22(28)27(21)24-14-16-3-6-18(7-4-16)26-9-11-29-12-10-26/h3-8,13-15H,9-12H2,1-2H3. The van der Waals surface area contributed by atoms with Crippen molar-refractivity contribution in [1.29, 1.82) is 0 Å². The molecule has 2 aromatic carbocycles. The second kappa shape index (κ2) is 8.47. The summed E-state index contributed by atoms with van der Waals surface area (Å²) >= 11 is 3.43. The lowest BCUT2D eigenvalue weighted by Crippen LogP contribution is -2.36. The van der Waals surface area contributed by atoms with Gasteiger partial charge in [0, 0.05) is 29.2 Å². The molecule has 150 valence electrons. The molecular formula is C22H23BrN4O2. The van der Waals surface area contributed by atoms with Crippen molar-refractivity contribution in [2.24, 2.45) is 5.10 Å². The second-order valence-electron chi connectivity index (χ2n) is 7.34. The van der Waals surface area contributed by atoms with E-state index in [0.29, 0.717) is 16.7 Å². The van der Waals surface area contributed by atoms with Crippen molar-refractivity contribution in [3.8, 4) is 0 Å². The Morgan fingerprint density at radius 3 is 2.55 bits per heavy atom. The van der Waals surface area contributed by atoms with E-state index in [9.17, 15) is 4.79 Å². The van der Waals surface area contributed by atoms with Crippen LogP contribution in [0, 0.1) is 0 Å². The first-order chi connectivity index (χ1) is 14.0. The summed E-state index contributed by atoms with van der Waals surface area (Å²) in [6, 6.07) is 13.7. The summed E-state index contributed by atoms with van der Waals surface area (Å²) in [5.41, 5.74) is 2.62. The van der Waals surface area contributed by atoms with Gasteiger partial charge in [-0.1, -0.05) is 41.9 Å². The number of rotatable bonds is 4. The van der Waals surface area contributed by atoms with Crippen molar-refractivity contribution in [2.45, 2.75) is 19.8 Å². The largest absolute Gasteiger partial charge is 0.378 e. The summed E-state index contributed by atoms with van der Waals surface area (Å²) in [5.74, 6) is 0.711. The molecule has 0 spiro atoms. The van der Waals surface area contributed by atoms with Crippen LogP contribution >= 0.6 is 15.9 Å². The molecule has 2 heterocycles. The highest BCUT2D eigenvalue weighted by Gasteiger charge is 2.14. The fourth-order valence-electron chi connectivity index (χ4n) is 3.37. The molecule has 29 heavy (non-hydrogen) atoms. The maximum Gasteiger partial charge on any atom is 0.282 e. The summed E-state index contributed by atoms with van der Waals surface area (Å²) in [5, 5.41) is 5.03. The third-order valence-electron chi connectivity index (χ3n) is 4.94. The minimum atomic E-state index is -0.166. The number of hydrogen-bond acceptors (Lipinski definition) is 5. The average Bonchev–Trinajstić information content (AvgIpc) is 2.74. The predicted octanol–water partition coefficient (Wildman–Crippen LogP) is 4.00. The SMILES string of the molecule is CC(C)c1nc2ccc(Br)cc2c(=O)n1N=Cc1ccc(N2CCOCC2)cc1. The summed E-state index contributed by atoms with van der Waals surface area (Å²) < 4.78 is 7.66. The molecule has 0 atom stereocenters. The van der Waals surface area contributed by atoms with Crippen molar-refractivity contribution < 1.29 is 4.74 Å². The van der Waals surface area contributed by atoms with E-state index in [1.165, 1.54) is 10.4 Å². The highest BCUT2D eigenvalue weighted by molar-refractivity contribution is 9.10. The van der Waals surface area contributed by atoms with Crippen molar-refractivity contribution in [3.05, 3.63) is 68.7 Å². The van der Waals surface area contributed by atoms with Gasteiger partial charge in [0.1, 0.15) is 5.82 Å². The normalized spacial score (nSPS) is 15.0. The van der Waals surface area contributed by atoms with Gasteiger partial charge < -0.3 is 9.64 Å². The van der Waals surface area contributed by atoms with Gasteiger partial charge in [0.2, 0.25) is 0 Å². The Labute approximate surface area is 178 Å². The zero-order valence-electron chi connectivity index (χ0n) is 16.5. The van der Waals surface area contributed by atoms with Crippen LogP contribution in [-0.2, 0) is 4.74 Å². The fourth-order valence-corrected chi connectivity index (χ4v) is 3.73. The van der Waals surface area contributed by atoms with E-state index in [0.717, 1.165) is 36.3 Å². The van der Waals surface area contributed by atoms with Crippen LogP contribution in [0.25, 0.3) is 10.9 Å². The number of hydrogen-bond donors (Lipinski definition) is 0. The zero-order chi connectivity index (χ0) is 20.4. The van der Waals surface area contributed by atoms with Crippen molar-refractivity contribution in [2.75, 3.05) is 31.2 Å². The molecule has 0 saturated carbocycles. The van der Waals surface area contributed by atoms with Gasteiger partial charge in [-0.05, 0) is 35.9 Å². The maximum atomic E-state index is 13.1. The van der Waals surface area contributed by atoms with Gasteiger partial charge in [0.25, 0.3) is 5.56 Å². The molecule has 1 fully saturated rings. The number of ether oxygens (including phenoxy) is 1. The van der Waals surface area contributed by atoms with Crippen molar-refractivity contribution >= 4 is 38.7 Å². The Hall–Kier alpha value is -2.51. The molecular weight excluding hydrogens is 432 g/mol. The topological polar surface area (TPSA) is 59.7 Å².